The van der Waals surface area contributed by atoms with Crippen molar-refractivity contribution < 1.29 is 4.79 Å². The quantitative estimate of drug-likeness (QED) is 0.556. The molecule has 1 aliphatic heterocycles. The van der Waals surface area contributed by atoms with Gasteiger partial charge < -0.3 is 5.32 Å². The first kappa shape index (κ1) is 7.30. The second kappa shape index (κ2) is 3.38. The first-order valence-electron chi connectivity index (χ1n) is 3.54. The van der Waals surface area contributed by atoms with Gasteiger partial charge in [0.25, 0.3) is 0 Å². The van der Waals surface area contributed by atoms with Crippen LogP contribution in [0.5, 0.6) is 0 Å². The minimum atomic E-state index is 0.0519. The molecule has 2 nitrogen and oxygen atoms in total. The largest absolute Gasteiger partial charge is 0.307 e. The van der Waals surface area contributed by atoms with Crippen molar-refractivity contribution >= 4 is 5.78 Å². The molecule has 0 aromatic heterocycles. The highest BCUT2D eigenvalue weighted by Gasteiger charge is 2.20. The van der Waals surface area contributed by atoms with Crippen LogP contribution in [0.25, 0.3) is 0 Å². The maximum Gasteiger partial charge on any atom is 0.161 e. The van der Waals surface area contributed by atoms with E-state index in [9.17, 15) is 4.79 Å². The van der Waals surface area contributed by atoms with Gasteiger partial charge in [-0.1, -0.05) is 5.92 Å². The summed E-state index contributed by atoms with van der Waals surface area (Å²) in [5.41, 5.74) is 0. The zero-order valence-corrected chi connectivity index (χ0v) is 5.89. The number of hydrogen-bond acceptors (Lipinski definition) is 2. The van der Waals surface area contributed by atoms with Crippen LogP contribution in [-0.2, 0) is 4.79 Å². The number of ketones is 1. The van der Waals surface area contributed by atoms with Gasteiger partial charge in [0.15, 0.2) is 5.78 Å². The number of Topliss-reactive ketones (excluding diaryl/α,β-unsaturated/α-hetero) is 1. The third kappa shape index (κ3) is 1.58. The zero-order chi connectivity index (χ0) is 7.40. The predicted octanol–water partition coefficient (Wildman–Crippen LogP) is 0.331. The molecule has 1 N–H and O–H groups in total. The number of hydrogen-bond donors (Lipinski definition) is 1. The molecule has 0 saturated carbocycles. The van der Waals surface area contributed by atoms with E-state index in [-0.39, 0.29) is 18.2 Å². The van der Waals surface area contributed by atoms with Crippen LogP contribution in [0.15, 0.2) is 0 Å². The van der Waals surface area contributed by atoms with Crippen molar-refractivity contribution in [3.05, 3.63) is 0 Å². The lowest BCUT2D eigenvalue weighted by Gasteiger charge is -2.04. The van der Waals surface area contributed by atoms with Crippen LogP contribution in [0.4, 0.5) is 0 Å². The molecule has 0 aromatic rings. The topological polar surface area (TPSA) is 29.1 Å². The van der Waals surface area contributed by atoms with Crippen LogP contribution < -0.4 is 5.32 Å². The summed E-state index contributed by atoms with van der Waals surface area (Å²) in [6.45, 7) is 0.959. The number of terminal acetylenes is 1. The van der Waals surface area contributed by atoms with Crippen LogP contribution in [0.2, 0.25) is 0 Å². The number of rotatable bonds is 2. The van der Waals surface area contributed by atoms with Crippen molar-refractivity contribution in [3.8, 4) is 12.3 Å². The van der Waals surface area contributed by atoms with Gasteiger partial charge in [0.05, 0.1) is 12.5 Å². The summed E-state index contributed by atoms with van der Waals surface area (Å²) >= 11 is 0. The summed E-state index contributed by atoms with van der Waals surface area (Å²) < 4.78 is 0. The molecular formula is C8H11NO. The van der Waals surface area contributed by atoms with Gasteiger partial charge in [-0.3, -0.25) is 4.79 Å². The summed E-state index contributed by atoms with van der Waals surface area (Å²) in [6.07, 6.45) is 7.33. The van der Waals surface area contributed by atoms with Gasteiger partial charge in [-0.2, -0.15) is 0 Å². The van der Waals surface area contributed by atoms with Crippen LogP contribution in [-0.4, -0.2) is 18.4 Å². The molecule has 0 bridgehead atoms. The smallest absolute Gasteiger partial charge is 0.161 e. The van der Waals surface area contributed by atoms with Crippen molar-refractivity contribution in [3.63, 3.8) is 0 Å². The zero-order valence-electron chi connectivity index (χ0n) is 5.89. The molecule has 1 aliphatic rings. The maximum absolute atomic E-state index is 11.0. The van der Waals surface area contributed by atoms with E-state index in [0.29, 0.717) is 0 Å². The molecule has 1 atom stereocenters. The summed E-state index contributed by atoms with van der Waals surface area (Å²) in [5, 5.41) is 3.10. The SMILES string of the molecule is C#CCC(=O)[C@@H]1CCCN1. The molecule has 54 valence electrons. The molecule has 0 radical (unpaired) electrons. The van der Waals surface area contributed by atoms with Gasteiger partial charge in [0, 0.05) is 0 Å². The van der Waals surface area contributed by atoms with Crippen LogP contribution in [0.1, 0.15) is 19.3 Å². The second-order valence-electron chi connectivity index (χ2n) is 2.50. The Balaban J connectivity index is 2.34. The Labute approximate surface area is 61.0 Å². The predicted molar refractivity (Wildman–Crippen MR) is 39.5 cm³/mol. The van der Waals surface area contributed by atoms with Crippen LogP contribution >= 0.6 is 0 Å². The number of nitrogens with one attached hydrogen (secondary N) is 1. The van der Waals surface area contributed by atoms with E-state index in [2.05, 4.69) is 11.2 Å². The molecule has 1 saturated heterocycles. The molecule has 1 rings (SSSR count). The highest BCUT2D eigenvalue weighted by atomic mass is 16.1. The van der Waals surface area contributed by atoms with E-state index in [4.69, 9.17) is 6.42 Å². The highest BCUT2D eigenvalue weighted by Crippen LogP contribution is 2.06. The lowest BCUT2D eigenvalue weighted by molar-refractivity contribution is -0.119. The summed E-state index contributed by atoms with van der Waals surface area (Å²) in [7, 11) is 0. The molecule has 0 spiro atoms. The molecule has 1 fully saturated rings. The van der Waals surface area contributed by atoms with Crippen LogP contribution in [0, 0.1) is 12.3 Å². The molecule has 0 amide bonds. The van der Waals surface area contributed by atoms with Gasteiger partial charge in [0.1, 0.15) is 0 Å². The molecular weight excluding hydrogens is 126 g/mol. The molecule has 1 heterocycles. The standard InChI is InChI=1S/C8H11NO/c1-2-4-8(10)7-5-3-6-9-7/h1,7,9H,3-6H2/t7-/m0/s1. The first-order chi connectivity index (χ1) is 4.84. The van der Waals surface area contributed by atoms with Gasteiger partial charge in [0.2, 0.25) is 0 Å². The number of carbonyl (C=O) groups is 1. The number of carbonyl (C=O) groups excluding carboxylic acids is 1. The Morgan fingerprint density at radius 1 is 1.80 bits per heavy atom. The Kier molecular flexibility index (Phi) is 2.47. The first-order valence-corrected chi connectivity index (χ1v) is 3.54. The van der Waals surface area contributed by atoms with Crippen molar-refractivity contribution in [1.29, 1.82) is 0 Å². The molecule has 0 unspecified atom stereocenters. The summed E-state index contributed by atoms with van der Waals surface area (Å²) in [6, 6.07) is 0.0519. The van der Waals surface area contributed by atoms with Gasteiger partial charge in [-0.15, -0.1) is 6.42 Å². The second-order valence-corrected chi connectivity index (χ2v) is 2.50. The van der Waals surface area contributed by atoms with Crippen LogP contribution in [0.3, 0.4) is 0 Å². The Hall–Kier alpha value is -0.810. The van der Waals surface area contributed by atoms with Gasteiger partial charge >= 0.3 is 0 Å². The summed E-state index contributed by atoms with van der Waals surface area (Å²) in [5.74, 6) is 2.52. The fraction of sp³-hybridized carbons (Fsp3) is 0.625. The highest BCUT2D eigenvalue weighted by molar-refractivity contribution is 5.86. The maximum atomic E-state index is 11.0. The Bertz CT molecular complexity index is 163. The normalized spacial score (nSPS) is 24.1. The fourth-order valence-corrected chi connectivity index (χ4v) is 1.18. The van der Waals surface area contributed by atoms with Gasteiger partial charge in [-0.25, -0.2) is 0 Å². The average molecular weight is 137 g/mol. The van der Waals surface area contributed by atoms with Crippen molar-refractivity contribution in [2.75, 3.05) is 6.54 Å². The Morgan fingerprint density at radius 3 is 3.10 bits per heavy atom. The monoisotopic (exact) mass is 137 g/mol. The molecule has 10 heavy (non-hydrogen) atoms. The molecule has 0 aromatic carbocycles. The summed E-state index contributed by atoms with van der Waals surface area (Å²) in [4.78, 5) is 11.0. The minimum Gasteiger partial charge on any atom is -0.307 e. The third-order valence-electron chi connectivity index (χ3n) is 1.73. The fourth-order valence-electron chi connectivity index (χ4n) is 1.18. The van der Waals surface area contributed by atoms with Crippen molar-refractivity contribution in [2.45, 2.75) is 25.3 Å². The minimum absolute atomic E-state index is 0.0519. The van der Waals surface area contributed by atoms with Crippen molar-refractivity contribution in [2.24, 2.45) is 0 Å². The molecule has 0 aliphatic carbocycles. The lowest BCUT2D eigenvalue weighted by atomic mass is 10.1. The van der Waals surface area contributed by atoms with E-state index in [1.165, 1.54) is 0 Å². The van der Waals surface area contributed by atoms with E-state index >= 15 is 0 Å². The van der Waals surface area contributed by atoms with Crippen molar-refractivity contribution in [1.82, 2.24) is 5.32 Å². The molecule has 2 heteroatoms. The van der Waals surface area contributed by atoms with E-state index in [1.54, 1.807) is 0 Å². The third-order valence-corrected chi connectivity index (χ3v) is 1.73. The van der Waals surface area contributed by atoms with E-state index < -0.39 is 0 Å². The van der Waals surface area contributed by atoms with Gasteiger partial charge in [-0.05, 0) is 19.4 Å². The van der Waals surface area contributed by atoms with E-state index in [0.717, 1.165) is 19.4 Å². The van der Waals surface area contributed by atoms with E-state index in [1.807, 2.05) is 0 Å². The lowest BCUT2D eigenvalue weighted by Crippen LogP contribution is -2.30. The average Bonchev–Trinajstić information content (AvgIpc) is 2.38. The Morgan fingerprint density at radius 2 is 2.60 bits per heavy atom.